The molecule has 1 saturated heterocycles. The summed E-state index contributed by atoms with van der Waals surface area (Å²) in [6.45, 7) is 0.544. The van der Waals surface area contributed by atoms with E-state index in [2.05, 4.69) is 10.2 Å². The molecular weight excluding hydrogens is 295 g/mol. The summed E-state index contributed by atoms with van der Waals surface area (Å²) in [5.41, 5.74) is -1.05. The molecular formula is C11H12F3N3O2S. The molecule has 1 aliphatic rings. The van der Waals surface area contributed by atoms with E-state index in [1.807, 2.05) is 0 Å². The fraction of sp³-hybridized carbons (Fsp3) is 0.545. The number of carboxylic acid groups (broad SMARTS) is 1. The number of anilines is 1. The quantitative estimate of drug-likeness (QED) is 0.920. The Morgan fingerprint density at radius 2 is 2.20 bits per heavy atom. The molecule has 1 aliphatic heterocycles. The lowest BCUT2D eigenvalue weighted by molar-refractivity contribution is -0.141. The van der Waals surface area contributed by atoms with Crippen molar-refractivity contribution in [3.8, 4) is 0 Å². The average Bonchev–Trinajstić information content (AvgIpc) is 2.38. The van der Waals surface area contributed by atoms with Crippen LogP contribution < -0.4 is 4.90 Å². The van der Waals surface area contributed by atoms with Gasteiger partial charge in [-0.3, -0.25) is 4.79 Å². The number of carbonyl (C=O) groups is 1. The van der Waals surface area contributed by atoms with Crippen molar-refractivity contribution >= 4 is 23.5 Å². The zero-order valence-electron chi connectivity index (χ0n) is 10.3. The van der Waals surface area contributed by atoms with Crippen molar-refractivity contribution in [2.45, 2.75) is 18.6 Å². The maximum absolute atomic E-state index is 12.4. The Labute approximate surface area is 117 Å². The maximum atomic E-state index is 12.4. The van der Waals surface area contributed by atoms with Gasteiger partial charge >= 0.3 is 12.1 Å². The lowest BCUT2D eigenvalue weighted by atomic mass is 10.2. The number of hydrogen-bond acceptors (Lipinski definition) is 5. The van der Waals surface area contributed by atoms with Crippen LogP contribution in [0.4, 0.5) is 19.0 Å². The molecule has 9 heteroatoms. The lowest BCUT2D eigenvalue weighted by Gasteiger charge is -2.35. The molecule has 2 heterocycles. The summed E-state index contributed by atoms with van der Waals surface area (Å²) < 4.78 is 37.2. The Bertz CT molecular complexity index is 481. The second kappa shape index (κ2) is 5.86. The van der Waals surface area contributed by atoms with Crippen molar-refractivity contribution in [1.82, 2.24) is 10.2 Å². The molecule has 0 saturated carbocycles. The fourth-order valence-corrected chi connectivity index (χ4v) is 3.02. The monoisotopic (exact) mass is 307 g/mol. The summed E-state index contributed by atoms with van der Waals surface area (Å²) >= 11 is 1.62. The molecule has 1 aromatic rings. The maximum Gasteiger partial charge on any atom is 0.435 e. The molecule has 1 atom stereocenters. The van der Waals surface area contributed by atoms with Crippen LogP contribution in [0.1, 0.15) is 12.1 Å². The number of nitrogens with zero attached hydrogens (tertiary/aromatic N) is 3. The first-order valence-electron chi connectivity index (χ1n) is 5.85. The number of alkyl halides is 3. The van der Waals surface area contributed by atoms with Crippen LogP contribution in [0, 0.1) is 0 Å². The Morgan fingerprint density at radius 1 is 1.45 bits per heavy atom. The van der Waals surface area contributed by atoms with Crippen LogP contribution in [0.5, 0.6) is 0 Å². The van der Waals surface area contributed by atoms with Crippen molar-refractivity contribution in [2.75, 3.05) is 23.0 Å². The van der Waals surface area contributed by atoms with Crippen molar-refractivity contribution in [3.63, 3.8) is 0 Å². The van der Waals surface area contributed by atoms with E-state index >= 15 is 0 Å². The number of carboxylic acids is 1. The predicted molar refractivity (Wildman–Crippen MR) is 67.7 cm³/mol. The Balaban J connectivity index is 2.17. The van der Waals surface area contributed by atoms with Gasteiger partial charge < -0.3 is 10.0 Å². The normalized spacial score (nSPS) is 19.9. The Kier molecular flexibility index (Phi) is 4.36. The van der Waals surface area contributed by atoms with Crippen LogP contribution >= 0.6 is 11.8 Å². The third-order valence-corrected chi connectivity index (χ3v) is 3.96. The van der Waals surface area contributed by atoms with Crippen molar-refractivity contribution < 1.29 is 23.1 Å². The van der Waals surface area contributed by atoms with Crippen LogP contribution in [-0.4, -0.2) is 45.4 Å². The standard InChI is InChI=1S/C11H12F3N3O2S/c12-11(13,14)8-1-2-9(16-15-8)17-3-4-20-6-7(17)5-10(18)19/h1-2,7H,3-6H2,(H,18,19). The molecule has 5 nitrogen and oxygen atoms in total. The Hall–Kier alpha value is -1.51. The molecule has 0 aromatic carbocycles. The molecule has 0 spiro atoms. The summed E-state index contributed by atoms with van der Waals surface area (Å²) in [6.07, 6.45) is -4.60. The van der Waals surface area contributed by atoms with E-state index in [4.69, 9.17) is 5.11 Å². The zero-order chi connectivity index (χ0) is 14.8. The molecule has 0 amide bonds. The van der Waals surface area contributed by atoms with Crippen LogP contribution in [-0.2, 0) is 11.0 Å². The van der Waals surface area contributed by atoms with Gasteiger partial charge in [-0.1, -0.05) is 0 Å². The van der Waals surface area contributed by atoms with Gasteiger partial charge in [0.1, 0.15) is 0 Å². The van der Waals surface area contributed by atoms with Crippen molar-refractivity contribution in [1.29, 1.82) is 0 Å². The minimum Gasteiger partial charge on any atom is -0.481 e. The molecule has 110 valence electrons. The minimum atomic E-state index is -4.52. The van der Waals surface area contributed by atoms with E-state index in [0.717, 1.165) is 11.8 Å². The molecule has 1 fully saturated rings. The first kappa shape index (κ1) is 14.9. The minimum absolute atomic E-state index is 0.0737. The van der Waals surface area contributed by atoms with E-state index in [1.165, 1.54) is 6.07 Å². The van der Waals surface area contributed by atoms with Gasteiger partial charge in [0.05, 0.1) is 6.42 Å². The number of aliphatic carboxylic acids is 1. The first-order chi connectivity index (χ1) is 9.38. The highest BCUT2D eigenvalue weighted by atomic mass is 32.2. The van der Waals surface area contributed by atoms with E-state index in [0.29, 0.717) is 12.3 Å². The second-order valence-corrected chi connectivity index (χ2v) is 5.44. The number of rotatable bonds is 3. The van der Waals surface area contributed by atoms with Crippen LogP contribution in [0.2, 0.25) is 0 Å². The van der Waals surface area contributed by atoms with Gasteiger partial charge in [-0.25, -0.2) is 0 Å². The van der Waals surface area contributed by atoms with Crippen molar-refractivity contribution in [3.05, 3.63) is 17.8 Å². The fourth-order valence-electron chi connectivity index (χ4n) is 1.96. The van der Waals surface area contributed by atoms with Crippen LogP contribution in [0.25, 0.3) is 0 Å². The van der Waals surface area contributed by atoms with Gasteiger partial charge in [0, 0.05) is 24.1 Å². The summed E-state index contributed by atoms with van der Waals surface area (Å²) in [4.78, 5) is 12.5. The molecule has 1 unspecified atom stereocenters. The van der Waals surface area contributed by atoms with E-state index < -0.39 is 17.8 Å². The SMILES string of the molecule is O=C(O)CC1CSCCN1c1ccc(C(F)(F)F)nn1. The molecule has 2 rings (SSSR count). The third-order valence-electron chi connectivity index (χ3n) is 2.87. The second-order valence-electron chi connectivity index (χ2n) is 4.29. The predicted octanol–water partition coefficient (Wildman–Crippen LogP) is 1.89. The molecule has 1 aromatic heterocycles. The van der Waals surface area contributed by atoms with Gasteiger partial charge in [0.2, 0.25) is 0 Å². The third kappa shape index (κ3) is 3.53. The highest BCUT2D eigenvalue weighted by Gasteiger charge is 2.33. The number of thioether (sulfide) groups is 1. The summed E-state index contributed by atoms with van der Waals surface area (Å²) in [5.74, 6) is 0.723. The van der Waals surface area contributed by atoms with Crippen molar-refractivity contribution in [2.24, 2.45) is 0 Å². The molecule has 1 N–H and O–H groups in total. The smallest absolute Gasteiger partial charge is 0.435 e. The number of halogens is 3. The molecule has 0 bridgehead atoms. The van der Waals surface area contributed by atoms with Gasteiger partial charge in [-0.05, 0) is 12.1 Å². The van der Waals surface area contributed by atoms with E-state index in [-0.39, 0.29) is 18.3 Å². The van der Waals surface area contributed by atoms with E-state index in [9.17, 15) is 18.0 Å². The summed E-state index contributed by atoms with van der Waals surface area (Å²) in [5, 5.41) is 15.6. The van der Waals surface area contributed by atoms with Gasteiger partial charge in [-0.2, -0.15) is 24.9 Å². The van der Waals surface area contributed by atoms with Gasteiger partial charge in [0.25, 0.3) is 0 Å². The Morgan fingerprint density at radius 3 is 2.75 bits per heavy atom. The lowest BCUT2D eigenvalue weighted by Crippen LogP contribution is -2.44. The van der Waals surface area contributed by atoms with Gasteiger partial charge in [0.15, 0.2) is 11.5 Å². The highest BCUT2D eigenvalue weighted by molar-refractivity contribution is 7.99. The number of aromatic nitrogens is 2. The summed E-state index contributed by atoms with van der Waals surface area (Å²) in [6, 6.07) is 1.82. The summed E-state index contributed by atoms with van der Waals surface area (Å²) in [7, 11) is 0. The highest BCUT2D eigenvalue weighted by Crippen LogP contribution is 2.29. The molecule has 20 heavy (non-hydrogen) atoms. The molecule has 0 aliphatic carbocycles. The average molecular weight is 307 g/mol. The van der Waals surface area contributed by atoms with Crippen LogP contribution in [0.15, 0.2) is 12.1 Å². The topological polar surface area (TPSA) is 66.3 Å². The van der Waals surface area contributed by atoms with Gasteiger partial charge in [-0.15, -0.1) is 10.2 Å². The first-order valence-corrected chi connectivity index (χ1v) is 7.00. The number of hydrogen-bond donors (Lipinski definition) is 1. The largest absolute Gasteiger partial charge is 0.481 e. The zero-order valence-corrected chi connectivity index (χ0v) is 11.1. The van der Waals surface area contributed by atoms with Crippen LogP contribution in [0.3, 0.4) is 0 Å². The van der Waals surface area contributed by atoms with E-state index in [1.54, 1.807) is 16.7 Å². The molecule has 0 radical (unpaired) electrons.